The van der Waals surface area contributed by atoms with Crippen molar-refractivity contribution in [2.45, 2.75) is 66.5 Å². The fraction of sp³-hybridized carbons (Fsp3) is 1.00. The first-order chi connectivity index (χ1) is 6.26. The highest BCUT2D eigenvalue weighted by atomic mass is 16.3. The molecule has 0 heterocycles. The summed E-state index contributed by atoms with van der Waals surface area (Å²) >= 11 is 0. The molecule has 0 aliphatic heterocycles. The molecule has 0 saturated carbocycles. The Morgan fingerprint density at radius 1 is 1.00 bits per heavy atom. The van der Waals surface area contributed by atoms with Crippen LogP contribution in [0.5, 0.6) is 0 Å². The monoisotopic (exact) mass is 191 g/mol. The summed E-state index contributed by atoms with van der Waals surface area (Å²) in [7, 11) is 1.88. The van der Waals surface area contributed by atoms with Crippen LogP contribution in [0.1, 0.15) is 54.4 Å². The topological polar surface area (TPSA) is 32.3 Å². The van der Waals surface area contributed by atoms with Crippen LogP contribution in [0.2, 0.25) is 0 Å². The quantitative estimate of drug-likeness (QED) is 0.716. The summed E-state index contributed by atoms with van der Waals surface area (Å²) in [4.78, 5) is 0. The number of rotatable bonds is 4. The zero-order chi connectivity index (χ0) is 11.3. The van der Waals surface area contributed by atoms with Gasteiger partial charge in [-0.05, 0) is 19.9 Å². The van der Waals surface area contributed by atoms with Gasteiger partial charge in [0.2, 0.25) is 0 Å². The molecule has 13 heavy (non-hydrogen) atoms. The summed E-state index contributed by atoms with van der Waals surface area (Å²) in [6, 6.07) is 0.273. The highest BCUT2D eigenvalue weighted by Gasteiger charge is 2.11. The van der Waals surface area contributed by atoms with Crippen LogP contribution < -0.4 is 5.32 Å². The Kier molecular flexibility index (Phi) is 25.6. The van der Waals surface area contributed by atoms with Gasteiger partial charge in [0.1, 0.15) is 0 Å². The van der Waals surface area contributed by atoms with Crippen molar-refractivity contribution < 1.29 is 5.11 Å². The van der Waals surface area contributed by atoms with E-state index in [2.05, 4.69) is 12.2 Å². The van der Waals surface area contributed by atoms with Crippen LogP contribution in [0.25, 0.3) is 0 Å². The molecule has 0 bridgehead atoms. The molecule has 0 amide bonds. The lowest BCUT2D eigenvalue weighted by molar-refractivity contribution is 0.125. The van der Waals surface area contributed by atoms with E-state index in [0.29, 0.717) is 0 Å². The first-order valence-electron chi connectivity index (χ1n) is 5.61. The second-order valence-corrected chi connectivity index (χ2v) is 2.28. The van der Waals surface area contributed by atoms with Crippen LogP contribution in [0, 0.1) is 0 Å². The van der Waals surface area contributed by atoms with Gasteiger partial charge in [-0.3, -0.25) is 0 Å². The molecule has 84 valence electrons. The third-order valence-corrected chi connectivity index (χ3v) is 1.69. The Morgan fingerprint density at radius 3 is 1.46 bits per heavy atom. The highest BCUT2D eigenvalue weighted by molar-refractivity contribution is 4.70. The minimum Gasteiger partial charge on any atom is -0.392 e. The van der Waals surface area contributed by atoms with Gasteiger partial charge >= 0.3 is 0 Å². The van der Waals surface area contributed by atoms with Gasteiger partial charge in [0.05, 0.1) is 6.10 Å². The van der Waals surface area contributed by atoms with E-state index in [1.807, 2.05) is 41.7 Å². The zero-order valence-corrected chi connectivity index (χ0v) is 10.5. The standard InChI is InChI=1S/C7H17NO.2C2H6/c1-4-6(8-3)7(9)5-2;2*1-2/h6-9H,4-5H2,1-3H3;2*1-2H3. The highest BCUT2D eigenvalue weighted by Crippen LogP contribution is 2.00. The number of hydrogen-bond acceptors (Lipinski definition) is 2. The lowest BCUT2D eigenvalue weighted by Gasteiger charge is -2.18. The molecule has 2 unspecified atom stereocenters. The van der Waals surface area contributed by atoms with Crippen LogP contribution in [0.15, 0.2) is 0 Å². The molecule has 0 aromatic rings. The summed E-state index contributed by atoms with van der Waals surface area (Å²) < 4.78 is 0. The molecular formula is C11H29NO. The number of nitrogens with one attached hydrogen (secondary N) is 1. The van der Waals surface area contributed by atoms with E-state index in [0.717, 1.165) is 12.8 Å². The van der Waals surface area contributed by atoms with E-state index in [4.69, 9.17) is 0 Å². The van der Waals surface area contributed by atoms with Gasteiger partial charge in [0.25, 0.3) is 0 Å². The summed E-state index contributed by atoms with van der Waals surface area (Å²) in [5.41, 5.74) is 0. The molecule has 0 aromatic carbocycles. The molecular weight excluding hydrogens is 162 g/mol. The Labute approximate surface area is 84.7 Å². The second kappa shape index (κ2) is 17.9. The van der Waals surface area contributed by atoms with E-state index in [1.54, 1.807) is 0 Å². The molecule has 0 saturated heterocycles. The third kappa shape index (κ3) is 11.9. The van der Waals surface area contributed by atoms with Crippen LogP contribution in [0.3, 0.4) is 0 Å². The predicted octanol–water partition coefficient (Wildman–Crippen LogP) is 2.81. The normalized spacial score (nSPS) is 12.9. The van der Waals surface area contributed by atoms with Crippen LogP contribution in [-0.4, -0.2) is 24.3 Å². The van der Waals surface area contributed by atoms with Crippen molar-refractivity contribution in [3.63, 3.8) is 0 Å². The molecule has 0 spiro atoms. The van der Waals surface area contributed by atoms with E-state index >= 15 is 0 Å². The zero-order valence-electron chi connectivity index (χ0n) is 10.5. The lowest BCUT2D eigenvalue weighted by atomic mass is 10.1. The van der Waals surface area contributed by atoms with Gasteiger partial charge in [-0.25, -0.2) is 0 Å². The maximum Gasteiger partial charge on any atom is 0.0690 e. The maximum absolute atomic E-state index is 9.26. The van der Waals surface area contributed by atoms with Crippen LogP contribution in [0.4, 0.5) is 0 Å². The maximum atomic E-state index is 9.26. The van der Waals surface area contributed by atoms with Crippen molar-refractivity contribution in [1.82, 2.24) is 5.32 Å². The molecule has 0 radical (unpaired) electrons. The fourth-order valence-electron chi connectivity index (χ4n) is 0.953. The van der Waals surface area contributed by atoms with Crippen molar-refractivity contribution in [3.05, 3.63) is 0 Å². The molecule has 2 nitrogen and oxygen atoms in total. The number of hydrogen-bond donors (Lipinski definition) is 2. The molecule has 2 heteroatoms. The van der Waals surface area contributed by atoms with Crippen molar-refractivity contribution in [1.29, 1.82) is 0 Å². The summed E-state index contributed by atoms with van der Waals surface area (Å²) in [6.45, 7) is 12.1. The van der Waals surface area contributed by atoms with E-state index in [1.165, 1.54) is 0 Å². The first kappa shape index (κ1) is 18.7. The van der Waals surface area contributed by atoms with E-state index < -0.39 is 0 Å². The molecule has 2 atom stereocenters. The van der Waals surface area contributed by atoms with Crippen LogP contribution in [-0.2, 0) is 0 Å². The fourth-order valence-corrected chi connectivity index (χ4v) is 0.953. The van der Waals surface area contributed by atoms with Crippen molar-refractivity contribution >= 4 is 0 Å². The Balaban J connectivity index is -0.000000218. The van der Waals surface area contributed by atoms with Crippen LogP contribution >= 0.6 is 0 Å². The molecule has 0 rings (SSSR count). The van der Waals surface area contributed by atoms with Gasteiger partial charge in [-0.2, -0.15) is 0 Å². The minimum atomic E-state index is -0.181. The summed E-state index contributed by atoms with van der Waals surface area (Å²) in [5.74, 6) is 0. The lowest BCUT2D eigenvalue weighted by Crippen LogP contribution is -2.36. The first-order valence-corrected chi connectivity index (χ1v) is 5.61. The molecule has 2 N–H and O–H groups in total. The van der Waals surface area contributed by atoms with Crippen molar-refractivity contribution in [2.75, 3.05) is 7.05 Å². The van der Waals surface area contributed by atoms with Gasteiger partial charge in [0.15, 0.2) is 0 Å². The third-order valence-electron chi connectivity index (χ3n) is 1.69. The molecule has 0 aliphatic carbocycles. The Morgan fingerprint density at radius 2 is 1.38 bits per heavy atom. The van der Waals surface area contributed by atoms with Crippen molar-refractivity contribution in [3.8, 4) is 0 Å². The largest absolute Gasteiger partial charge is 0.392 e. The molecule has 0 fully saturated rings. The molecule has 0 aromatic heterocycles. The van der Waals surface area contributed by atoms with Gasteiger partial charge < -0.3 is 10.4 Å². The second-order valence-electron chi connectivity index (χ2n) is 2.28. The Hall–Kier alpha value is -0.0800. The minimum absolute atomic E-state index is 0.181. The smallest absolute Gasteiger partial charge is 0.0690 e. The predicted molar refractivity (Wildman–Crippen MR) is 62.1 cm³/mol. The van der Waals surface area contributed by atoms with Gasteiger partial charge in [0, 0.05) is 6.04 Å². The molecule has 0 aliphatic rings. The average molecular weight is 191 g/mol. The Bertz CT molecular complexity index is 63.1. The SMILES string of the molecule is CC.CC.CCC(O)C(CC)NC. The van der Waals surface area contributed by atoms with E-state index in [-0.39, 0.29) is 12.1 Å². The van der Waals surface area contributed by atoms with Crippen molar-refractivity contribution in [2.24, 2.45) is 0 Å². The summed E-state index contributed by atoms with van der Waals surface area (Å²) in [5, 5.41) is 12.3. The average Bonchev–Trinajstić information content (AvgIpc) is 2.25. The summed E-state index contributed by atoms with van der Waals surface area (Å²) in [6.07, 6.45) is 1.64. The number of aliphatic hydroxyl groups excluding tert-OH is 1. The number of likely N-dealkylation sites (N-methyl/N-ethyl adjacent to an activating group) is 1. The van der Waals surface area contributed by atoms with Gasteiger partial charge in [-0.15, -0.1) is 0 Å². The van der Waals surface area contributed by atoms with Gasteiger partial charge in [-0.1, -0.05) is 41.5 Å². The number of aliphatic hydroxyl groups is 1. The van der Waals surface area contributed by atoms with E-state index in [9.17, 15) is 5.11 Å².